The molecule has 2 atom stereocenters. The normalized spacial score (nSPS) is 17.4. The Morgan fingerprint density at radius 3 is 2.68 bits per heavy atom. The quantitative estimate of drug-likeness (QED) is 0.341. The number of alkyl halides is 2. The number of benzene rings is 1. The third kappa shape index (κ3) is 4.64. The predicted molar refractivity (Wildman–Crippen MR) is 132 cm³/mol. The van der Waals surface area contributed by atoms with Crippen LogP contribution in [0.25, 0.3) is 16.7 Å². The van der Waals surface area contributed by atoms with Crippen LogP contribution in [0, 0.1) is 11.3 Å². The molecule has 4 aromatic rings. The van der Waals surface area contributed by atoms with Crippen molar-refractivity contribution >= 4 is 22.5 Å². The maximum Gasteiger partial charge on any atom is 0.272 e. The van der Waals surface area contributed by atoms with Gasteiger partial charge >= 0.3 is 0 Å². The molecule has 0 amide bonds. The fourth-order valence-electron chi connectivity index (χ4n) is 4.21. The average molecular weight is 518 g/mol. The van der Waals surface area contributed by atoms with Gasteiger partial charge in [0, 0.05) is 11.6 Å². The van der Waals surface area contributed by atoms with Gasteiger partial charge in [-0.25, -0.2) is 13.8 Å². The molecule has 2 unspecified atom stereocenters. The molecule has 1 aromatic carbocycles. The number of halogens is 2. The van der Waals surface area contributed by atoms with Crippen LogP contribution >= 0.6 is 0 Å². The summed E-state index contributed by atoms with van der Waals surface area (Å²) in [6.45, 7) is 2.56. The molecule has 1 aliphatic rings. The van der Waals surface area contributed by atoms with E-state index < -0.39 is 24.7 Å². The number of anilines is 2. The van der Waals surface area contributed by atoms with Crippen LogP contribution in [0.4, 0.5) is 20.3 Å². The second-order valence-electron chi connectivity index (χ2n) is 8.63. The number of para-hydroxylation sites is 2. The van der Waals surface area contributed by atoms with Crippen LogP contribution in [-0.2, 0) is 5.54 Å². The molecule has 3 aromatic heterocycles. The van der Waals surface area contributed by atoms with Gasteiger partial charge in [0.1, 0.15) is 17.9 Å². The molecule has 2 N–H and O–H groups in total. The van der Waals surface area contributed by atoms with E-state index in [1.807, 2.05) is 34.9 Å². The van der Waals surface area contributed by atoms with Gasteiger partial charge in [0.25, 0.3) is 6.43 Å². The van der Waals surface area contributed by atoms with Crippen molar-refractivity contribution in [3.05, 3.63) is 72.0 Å². The summed E-state index contributed by atoms with van der Waals surface area (Å²) in [4.78, 5) is 9.11. The number of allylic oxidation sites excluding steroid dienone is 1. The molecule has 192 valence electrons. The Bertz CT molecular complexity index is 1590. The first-order chi connectivity index (χ1) is 18.3. The monoisotopic (exact) mass is 517 g/mol. The number of aliphatic hydroxyl groups excluding tert-OH is 1. The molecule has 13 heteroatoms. The highest BCUT2D eigenvalue weighted by molar-refractivity contribution is 5.81. The number of nitrogens with one attached hydrogen (secondary N) is 1. The molecule has 0 saturated carbocycles. The number of fused-ring (bicyclic) bond motifs is 1. The molecule has 4 heterocycles. The van der Waals surface area contributed by atoms with Crippen molar-refractivity contribution < 1.29 is 18.6 Å². The molecule has 0 fully saturated rings. The second kappa shape index (κ2) is 9.91. The molecule has 0 radical (unpaired) electrons. The summed E-state index contributed by atoms with van der Waals surface area (Å²) in [6.07, 6.45) is 1.12. The highest BCUT2D eigenvalue weighted by atomic mass is 19.3. The zero-order valence-corrected chi connectivity index (χ0v) is 20.2. The fraction of sp³-hybridized carbons (Fsp3) is 0.240. The number of aliphatic hydroxyl groups is 1. The highest BCUT2D eigenvalue weighted by Gasteiger charge is 2.36. The van der Waals surface area contributed by atoms with E-state index in [1.54, 1.807) is 32.4 Å². The van der Waals surface area contributed by atoms with Gasteiger partial charge in [-0.3, -0.25) is 9.55 Å². The minimum Gasteiger partial charge on any atom is -0.471 e. The molecule has 11 nitrogen and oxygen atoms in total. The van der Waals surface area contributed by atoms with Crippen molar-refractivity contribution in [3.63, 3.8) is 0 Å². The summed E-state index contributed by atoms with van der Waals surface area (Å²) in [6, 6.07) is 12.4. The molecular weight excluding hydrogens is 496 g/mol. The van der Waals surface area contributed by atoms with Crippen molar-refractivity contribution in [1.29, 1.82) is 5.26 Å². The first kappa shape index (κ1) is 24.8. The number of pyridine rings is 1. The number of hydrogen-bond acceptors (Lipinski definition) is 10. The summed E-state index contributed by atoms with van der Waals surface area (Å²) in [5, 5.41) is 39.5. The third-order valence-electron chi connectivity index (χ3n) is 5.84. The van der Waals surface area contributed by atoms with E-state index in [0.29, 0.717) is 22.6 Å². The zero-order valence-electron chi connectivity index (χ0n) is 20.2. The molecule has 0 spiro atoms. The second-order valence-corrected chi connectivity index (χ2v) is 8.63. The Morgan fingerprint density at radius 2 is 2.00 bits per heavy atom. The summed E-state index contributed by atoms with van der Waals surface area (Å²) in [5.74, 6) is 0.235. The first-order valence-electron chi connectivity index (χ1n) is 11.5. The Hall–Kier alpha value is -4.83. The summed E-state index contributed by atoms with van der Waals surface area (Å²) >= 11 is 0. The van der Waals surface area contributed by atoms with Crippen LogP contribution in [0.3, 0.4) is 0 Å². The summed E-state index contributed by atoms with van der Waals surface area (Å²) in [7, 11) is 0. The molecule has 0 saturated heterocycles. The van der Waals surface area contributed by atoms with Crippen molar-refractivity contribution in [2.45, 2.75) is 31.9 Å². The lowest BCUT2D eigenvalue weighted by molar-refractivity contribution is 0.0791. The lowest BCUT2D eigenvalue weighted by Crippen LogP contribution is -2.22. The maximum atomic E-state index is 12.4. The van der Waals surface area contributed by atoms with E-state index in [-0.39, 0.29) is 17.4 Å². The van der Waals surface area contributed by atoms with E-state index in [1.165, 1.54) is 12.1 Å². The van der Waals surface area contributed by atoms with Crippen molar-refractivity contribution in [2.75, 3.05) is 11.9 Å². The van der Waals surface area contributed by atoms with E-state index in [2.05, 4.69) is 35.7 Å². The highest BCUT2D eigenvalue weighted by Crippen LogP contribution is 2.42. The van der Waals surface area contributed by atoms with Crippen molar-refractivity contribution in [1.82, 2.24) is 24.7 Å². The maximum absolute atomic E-state index is 12.4. The Morgan fingerprint density at radius 1 is 1.18 bits per heavy atom. The molecule has 38 heavy (non-hydrogen) atoms. The summed E-state index contributed by atoms with van der Waals surface area (Å²) < 4.78 is 31.6. The molecule has 5 rings (SSSR count). The Labute approximate surface area is 215 Å². The SMILES string of the molecule is CC(O)c1c(C2(C)C=C(C#N)N=N2)ncc(Nc2ccc(OCC(F)F)nn2)c1-n1cnc2ccccc21. The van der Waals surface area contributed by atoms with Gasteiger partial charge in [0.2, 0.25) is 5.88 Å². The van der Waals surface area contributed by atoms with Crippen LogP contribution < -0.4 is 10.1 Å². The molecule has 0 aliphatic carbocycles. The van der Waals surface area contributed by atoms with E-state index >= 15 is 0 Å². The number of rotatable bonds is 8. The van der Waals surface area contributed by atoms with E-state index in [4.69, 9.17) is 4.74 Å². The minimum absolute atomic E-state index is 0.0468. The number of nitriles is 1. The lowest BCUT2D eigenvalue weighted by Gasteiger charge is -2.26. The van der Waals surface area contributed by atoms with Gasteiger partial charge in [0.15, 0.2) is 18.1 Å². The largest absolute Gasteiger partial charge is 0.471 e. The number of nitrogens with zero attached hydrogens (tertiary/aromatic N) is 8. The van der Waals surface area contributed by atoms with Gasteiger partial charge in [-0.05, 0) is 38.1 Å². The summed E-state index contributed by atoms with van der Waals surface area (Å²) in [5.41, 5.74) is 2.36. The number of aromatic nitrogens is 5. The first-order valence-corrected chi connectivity index (χ1v) is 11.5. The van der Waals surface area contributed by atoms with E-state index in [0.717, 1.165) is 11.0 Å². The molecular formula is C25H21F2N9O2. The van der Waals surface area contributed by atoms with Crippen molar-refractivity contribution in [3.8, 4) is 17.6 Å². The Balaban J connectivity index is 1.66. The minimum atomic E-state index is -2.63. The van der Waals surface area contributed by atoms with Gasteiger partial charge < -0.3 is 15.2 Å². The standard InChI is InChI=1S/C25H21F2N9O2/c1-14(37)22-23(36-13-30-16-5-3-4-6-18(16)36)17(11-29-24(22)25(2)9-15(10-28)32-35-25)31-20-7-8-21(34-33-20)38-12-19(26)27/h3-9,11,13-14,19,37H,12H2,1-2H3,(H,31,33). The molecule has 0 bridgehead atoms. The van der Waals surface area contributed by atoms with Crippen LogP contribution in [0.1, 0.15) is 31.2 Å². The van der Waals surface area contributed by atoms with Gasteiger partial charge in [0.05, 0.1) is 40.4 Å². The van der Waals surface area contributed by atoms with Crippen LogP contribution in [-0.4, -0.2) is 42.9 Å². The average Bonchev–Trinajstić information content (AvgIpc) is 3.52. The van der Waals surface area contributed by atoms with Gasteiger partial charge in [-0.15, -0.1) is 15.3 Å². The topological polar surface area (TPSA) is 146 Å². The third-order valence-corrected chi connectivity index (χ3v) is 5.84. The van der Waals surface area contributed by atoms with Crippen LogP contribution in [0.5, 0.6) is 5.88 Å². The van der Waals surface area contributed by atoms with Crippen molar-refractivity contribution in [2.24, 2.45) is 10.2 Å². The van der Waals surface area contributed by atoms with E-state index in [9.17, 15) is 19.1 Å². The van der Waals surface area contributed by atoms with Crippen LogP contribution in [0.2, 0.25) is 0 Å². The fourth-order valence-corrected chi connectivity index (χ4v) is 4.21. The smallest absolute Gasteiger partial charge is 0.272 e. The molecule has 1 aliphatic heterocycles. The lowest BCUT2D eigenvalue weighted by atomic mass is 9.90. The number of azo groups is 1. The number of ether oxygens (including phenoxy) is 1. The van der Waals surface area contributed by atoms with Crippen LogP contribution in [0.15, 0.2) is 70.9 Å². The zero-order chi connectivity index (χ0) is 26.9. The number of imidazole rings is 1. The number of hydrogen-bond donors (Lipinski definition) is 2. The Kier molecular flexibility index (Phi) is 6.48. The van der Waals surface area contributed by atoms with Gasteiger partial charge in [-0.2, -0.15) is 10.4 Å². The van der Waals surface area contributed by atoms with Gasteiger partial charge in [-0.1, -0.05) is 12.1 Å². The predicted octanol–water partition coefficient (Wildman–Crippen LogP) is 4.74.